The summed E-state index contributed by atoms with van der Waals surface area (Å²) in [6.07, 6.45) is 3.53. The molecule has 1 aromatic carbocycles. The summed E-state index contributed by atoms with van der Waals surface area (Å²) in [5.41, 5.74) is 2.02. The highest BCUT2D eigenvalue weighted by atomic mass is 16.5. The summed E-state index contributed by atoms with van der Waals surface area (Å²) in [7, 11) is 3.31. The molecule has 0 aliphatic heterocycles. The standard InChI is InChI=1S/C14H16N2O2/c1-17-13-5-6-14(18-2)11(8-13)9-16-12-4-3-7-15-10-12/h3-8,10,16H,9H2,1-2H3. The Kier molecular flexibility index (Phi) is 4.02. The van der Waals surface area contributed by atoms with Gasteiger partial charge in [-0.15, -0.1) is 0 Å². The Morgan fingerprint density at radius 1 is 1.17 bits per heavy atom. The van der Waals surface area contributed by atoms with E-state index in [1.54, 1.807) is 26.6 Å². The van der Waals surface area contributed by atoms with Gasteiger partial charge in [0.05, 0.1) is 19.9 Å². The summed E-state index contributed by atoms with van der Waals surface area (Å²) in [6, 6.07) is 9.61. The SMILES string of the molecule is COc1ccc(OC)c(CNc2cccnc2)c1. The van der Waals surface area contributed by atoms with Crippen molar-refractivity contribution in [3.05, 3.63) is 48.3 Å². The van der Waals surface area contributed by atoms with E-state index in [-0.39, 0.29) is 0 Å². The highest BCUT2D eigenvalue weighted by Crippen LogP contribution is 2.24. The maximum Gasteiger partial charge on any atom is 0.124 e. The largest absolute Gasteiger partial charge is 0.497 e. The Morgan fingerprint density at radius 3 is 2.72 bits per heavy atom. The number of aromatic nitrogens is 1. The molecule has 0 atom stereocenters. The van der Waals surface area contributed by atoms with Gasteiger partial charge in [0.25, 0.3) is 0 Å². The summed E-state index contributed by atoms with van der Waals surface area (Å²) in [5.74, 6) is 1.66. The third-order valence-electron chi connectivity index (χ3n) is 2.63. The molecule has 2 rings (SSSR count). The highest BCUT2D eigenvalue weighted by molar-refractivity contribution is 5.45. The molecule has 1 N–H and O–H groups in total. The zero-order valence-electron chi connectivity index (χ0n) is 10.5. The van der Waals surface area contributed by atoms with Crippen LogP contribution in [0.25, 0.3) is 0 Å². The smallest absolute Gasteiger partial charge is 0.124 e. The van der Waals surface area contributed by atoms with E-state index >= 15 is 0 Å². The molecule has 0 saturated heterocycles. The van der Waals surface area contributed by atoms with Crippen molar-refractivity contribution in [2.24, 2.45) is 0 Å². The molecule has 2 aromatic rings. The molecule has 0 bridgehead atoms. The summed E-state index contributed by atoms with van der Waals surface area (Å²) in [6.45, 7) is 0.659. The van der Waals surface area contributed by atoms with E-state index in [0.717, 1.165) is 22.7 Å². The second kappa shape index (κ2) is 5.91. The van der Waals surface area contributed by atoms with E-state index < -0.39 is 0 Å². The van der Waals surface area contributed by atoms with Crippen LogP contribution in [0.4, 0.5) is 5.69 Å². The molecule has 0 unspecified atom stereocenters. The lowest BCUT2D eigenvalue weighted by atomic mass is 10.2. The van der Waals surface area contributed by atoms with Crippen LogP contribution < -0.4 is 14.8 Å². The van der Waals surface area contributed by atoms with Gasteiger partial charge in [0.1, 0.15) is 11.5 Å². The lowest BCUT2D eigenvalue weighted by Gasteiger charge is -2.11. The fourth-order valence-electron chi connectivity index (χ4n) is 1.68. The molecular weight excluding hydrogens is 228 g/mol. The molecular formula is C14H16N2O2. The number of hydrogen-bond acceptors (Lipinski definition) is 4. The molecule has 0 fully saturated rings. The summed E-state index contributed by atoms with van der Waals surface area (Å²) in [4.78, 5) is 4.05. The van der Waals surface area contributed by atoms with E-state index in [9.17, 15) is 0 Å². The molecule has 0 radical (unpaired) electrons. The van der Waals surface area contributed by atoms with Crippen molar-refractivity contribution in [1.82, 2.24) is 4.98 Å². The van der Waals surface area contributed by atoms with E-state index in [0.29, 0.717) is 6.54 Å². The van der Waals surface area contributed by atoms with Crippen molar-refractivity contribution < 1.29 is 9.47 Å². The minimum atomic E-state index is 0.659. The van der Waals surface area contributed by atoms with Crippen LogP contribution in [0.3, 0.4) is 0 Å². The number of benzene rings is 1. The first-order valence-electron chi connectivity index (χ1n) is 5.68. The first-order valence-corrected chi connectivity index (χ1v) is 5.68. The maximum atomic E-state index is 5.32. The predicted molar refractivity (Wildman–Crippen MR) is 71.1 cm³/mol. The van der Waals surface area contributed by atoms with Gasteiger partial charge >= 0.3 is 0 Å². The van der Waals surface area contributed by atoms with Gasteiger partial charge in [0.2, 0.25) is 0 Å². The van der Waals surface area contributed by atoms with Gasteiger partial charge < -0.3 is 14.8 Å². The molecule has 4 nitrogen and oxygen atoms in total. The van der Waals surface area contributed by atoms with Crippen LogP contribution in [0.1, 0.15) is 5.56 Å². The number of pyridine rings is 1. The molecule has 0 amide bonds. The van der Waals surface area contributed by atoms with Gasteiger partial charge in [-0.05, 0) is 30.3 Å². The van der Waals surface area contributed by atoms with Gasteiger partial charge in [-0.25, -0.2) is 0 Å². The Morgan fingerprint density at radius 2 is 2.06 bits per heavy atom. The van der Waals surface area contributed by atoms with Crippen molar-refractivity contribution in [1.29, 1.82) is 0 Å². The molecule has 0 saturated carbocycles. The molecule has 0 aliphatic rings. The fraction of sp³-hybridized carbons (Fsp3) is 0.214. The topological polar surface area (TPSA) is 43.4 Å². The highest BCUT2D eigenvalue weighted by Gasteiger charge is 2.04. The van der Waals surface area contributed by atoms with E-state index in [4.69, 9.17) is 9.47 Å². The molecule has 0 aliphatic carbocycles. The minimum absolute atomic E-state index is 0.659. The zero-order valence-corrected chi connectivity index (χ0v) is 10.5. The van der Waals surface area contributed by atoms with Crippen molar-refractivity contribution >= 4 is 5.69 Å². The van der Waals surface area contributed by atoms with Gasteiger partial charge in [0, 0.05) is 24.5 Å². The van der Waals surface area contributed by atoms with Crippen molar-refractivity contribution in [3.8, 4) is 11.5 Å². The first kappa shape index (κ1) is 12.2. The van der Waals surface area contributed by atoms with Crippen molar-refractivity contribution in [3.63, 3.8) is 0 Å². The molecule has 18 heavy (non-hydrogen) atoms. The van der Waals surface area contributed by atoms with E-state index in [1.807, 2.05) is 30.3 Å². The minimum Gasteiger partial charge on any atom is -0.497 e. The van der Waals surface area contributed by atoms with E-state index in [1.165, 1.54) is 0 Å². The van der Waals surface area contributed by atoms with Crippen LogP contribution in [0.15, 0.2) is 42.7 Å². The lowest BCUT2D eigenvalue weighted by Crippen LogP contribution is -2.02. The Balaban J connectivity index is 2.12. The molecule has 94 valence electrons. The number of anilines is 1. The molecule has 4 heteroatoms. The number of nitrogens with one attached hydrogen (secondary N) is 1. The van der Waals surface area contributed by atoms with Crippen LogP contribution >= 0.6 is 0 Å². The zero-order chi connectivity index (χ0) is 12.8. The third-order valence-corrected chi connectivity index (χ3v) is 2.63. The van der Waals surface area contributed by atoms with Gasteiger partial charge in [-0.1, -0.05) is 0 Å². The summed E-state index contributed by atoms with van der Waals surface area (Å²) >= 11 is 0. The van der Waals surface area contributed by atoms with E-state index in [2.05, 4.69) is 10.3 Å². The average Bonchev–Trinajstić information content (AvgIpc) is 2.45. The molecule has 1 aromatic heterocycles. The van der Waals surface area contributed by atoms with Crippen LogP contribution in [0, 0.1) is 0 Å². The monoisotopic (exact) mass is 244 g/mol. The Hall–Kier alpha value is -2.23. The summed E-state index contributed by atoms with van der Waals surface area (Å²) in [5, 5.41) is 3.29. The number of hydrogen-bond donors (Lipinski definition) is 1. The summed E-state index contributed by atoms with van der Waals surface area (Å²) < 4.78 is 10.5. The first-order chi connectivity index (χ1) is 8.83. The number of methoxy groups -OCH3 is 2. The van der Waals surface area contributed by atoms with Gasteiger partial charge in [-0.3, -0.25) is 4.98 Å². The van der Waals surface area contributed by atoms with Crippen LogP contribution in [0.5, 0.6) is 11.5 Å². The quantitative estimate of drug-likeness (QED) is 0.878. The maximum absolute atomic E-state index is 5.32. The van der Waals surface area contributed by atoms with Crippen LogP contribution in [-0.4, -0.2) is 19.2 Å². The van der Waals surface area contributed by atoms with Gasteiger partial charge in [0.15, 0.2) is 0 Å². The van der Waals surface area contributed by atoms with Gasteiger partial charge in [-0.2, -0.15) is 0 Å². The lowest BCUT2D eigenvalue weighted by molar-refractivity contribution is 0.399. The number of nitrogens with zero attached hydrogens (tertiary/aromatic N) is 1. The Bertz CT molecular complexity index is 500. The molecule has 0 spiro atoms. The van der Waals surface area contributed by atoms with Crippen LogP contribution in [-0.2, 0) is 6.54 Å². The average molecular weight is 244 g/mol. The van der Waals surface area contributed by atoms with Crippen LogP contribution in [0.2, 0.25) is 0 Å². The third kappa shape index (κ3) is 2.91. The number of ether oxygens (including phenoxy) is 2. The number of rotatable bonds is 5. The second-order valence-electron chi connectivity index (χ2n) is 3.77. The van der Waals surface area contributed by atoms with Crippen molar-refractivity contribution in [2.75, 3.05) is 19.5 Å². The second-order valence-corrected chi connectivity index (χ2v) is 3.77. The fourth-order valence-corrected chi connectivity index (χ4v) is 1.68. The Labute approximate surface area is 107 Å². The molecule has 1 heterocycles. The van der Waals surface area contributed by atoms with Crippen molar-refractivity contribution in [2.45, 2.75) is 6.54 Å². The normalized spacial score (nSPS) is 9.89. The predicted octanol–water partition coefficient (Wildman–Crippen LogP) is 2.71.